The maximum absolute atomic E-state index is 13.2. The molecule has 0 aliphatic carbocycles. The van der Waals surface area contributed by atoms with Gasteiger partial charge in [0.2, 0.25) is 0 Å². The highest BCUT2D eigenvalue weighted by molar-refractivity contribution is 6.03. The van der Waals surface area contributed by atoms with E-state index in [-0.39, 0.29) is 36.5 Å². The zero-order valence-corrected chi connectivity index (χ0v) is 16.8. The van der Waals surface area contributed by atoms with Gasteiger partial charge in [0, 0.05) is 41.8 Å². The summed E-state index contributed by atoms with van der Waals surface area (Å²) in [6.45, 7) is 0.218. The van der Waals surface area contributed by atoms with Crippen LogP contribution in [0.3, 0.4) is 0 Å². The van der Waals surface area contributed by atoms with Crippen molar-refractivity contribution in [2.45, 2.75) is 18.0 Å². The third kappa shape index (κ3) is 3.23. The molecule has 1 fully saturated rings. The Balaban J connectivity index is 1.48. The fourth-order valence-corrected chi connectivity index (χ4v) is 4.71. The fraction of sp³-hybridized carbons (Fsp3) is 0.208. The van der Waals surface area contributed by atoms with Crippen LogP contribution in [0.1, 0.15) is 21.8 Å². The van der Waals surface area contributed by atoms with Gasteiger partial charge in [-0.3, -0.25) is 14.7 Å². The number of carbonyl (C=O) groups excluding carboxylic acids is 2. The monoisotopic (exact) mass is 414 g/mol. The molecule has 2 aliphatic heterocycles. The number of rotatable bonds is 3. The molecule has 2 aromatic carbocycles. The number of aliphatic hydroxyl groups is 1. The molecule has 5 rings (SSSR count). The number of likely N-dealkylation sites (tertiary alicyclic amines) is 1. The Kier molecular flexibility index (Phi) is 4.88. The van der Waals surface area contributed by atoms with Crippen LogP contribution < -0.4 is 10.2 Å². The van der Waals surface area contributed by atoms with Crippen molar-refractivity contribution < 1.29 is 14.7 Å². The van der Waals surface area contributed by atoms with Gasteiger partial charge >= 0.3 is 6.03 Å². The molecule has 3 heterocycles. The molecule has 2 N–H and O–H groups in total. The first-order chi connectivity index (χ1) is 15.2. The number of pyridine rings is 1. The summed E-state index contributed by atoms with van der Waals surface area (Å²) in [5, 5.41) is 13.0. The van der Waals surface area contributed by atoms with Crippen LogP contribution in [0, 0.1) is 0 Å². The first-order valence-electron chi connectivity index (χ1n) is 10.2. The number of para-hydroxylation sites is 2. The first-order valence-corrected chi connectivity index (χ1v) is 10.2. The summed E-state index contributed by atoms with van der Waals surface area (Å²) >= 11 is 0. The van der Waals surface area contributed by atoms with Gasteiger partial charge in [-0.15, -0.1) is 0 Å². The van der Waals surface area contributed by atoms with Crippen LogP contribution in [0.5, 0.6) is 0 Å². The zero-order valence-electron chi connectivity index (χ0n) is 16.8. The van der Waals surface area contributed by atoms with Crippen LogP contribution in [-0.4, -0.2) is 52.2 Å². The van der Waals surface area contributed by atoms with Crippen molar-refractivity contribution >= 4 is 23.3 Å². The van der Waals surface area contributed by atoms with Crippen molar-refractivity contribution in [1.29, 1.82) is 0 Å². The minimum absolute atomic E-state index is 0.0206. The van der Waals surface area contributed by atoms with Crippen molar-refractivity contribution in [3.63, 3.8) is 0 Å². The second-order valence-corrected chi connectivity index (χ2v) is 7.76. The Bertz CT molecular complexity index is 1110. The lowest BCUT2D eigenvalue weighted by molar-refractivity contribution is -0.0241. The molecule has 2 aliphatic rings. The van der Waals surface area contributed by atoms with E-state index < -0.39 is 0 Å². The maximum atomic E-state index is 13.2. The van der Waals surface area contributed by atoms with Gasteiger partial charge in [-0.1, -0.05) is 36.4 Å². The number of aromatic nitrogens is 1. The highest BCUT2D eigenvalue weighted by Gasteiger charge is 2.55. The SMILES string of the molecule is O=C(Nc1ccccc1)N1C[C@@H]2[C@H](c3ccccc31)[C@@H](CO)N2C(=O)c1ccncc1. The molecule has 0 unspecified atom stereocenters. The summed E-state index contributed by atoms with van der Waals surface area (Å²) in [6.07, 6.45) is 3.16. The Hall–Kier alpha value is -3.71. The van der Waals surface area contributed by atoms with E-state index in [4.69, 9.17) is 0 Å². The van der Waals surface area contributed by atoms with E-state index in [1.54, 1.807) is 34.3 Å². The largest absolute Gasteiger partial charge is 0.394 e. The van der Waals surface area contributed by atoms with Crippen LogP contribution in [0.15, 0.2) is 79.1 Å². The molecule has 7 heteroatoms. The van der Waals surface area contributed by atoms with Gasteiger partial charge in [-0.2, -0.15) is 0 Å². The summed E-state index contributed by atoms with van der Waals surface area (Å²) in [7, 11) is 0. The summed E-state index contributed by atoms with van der Waals surface area (Å²) < 4.78 is 0. The molecular weight excluding hydrogens is 392 g/mol. The predicted molar refractivity (Wildman–Crippen MR) is 117 cm³/mol. The number of fused-ring (bicyclic) bond motifs is 3. The lowest BCUT2D eigenvalue weighted by atomic mass is 9.71. The Labute approximate surface area is 179 Å². The summed E-state index contributed by atoms with van der Waals surface area (Å²) in [6, 6.07) is 19.5. The van der Waals surface area contributed by atoms with Gasteiger partial charge in [-0.25, -0.2) is 4.79 Å². The minimum Gasteiger partial charge on any atom is -0.394 e. The first kappa shape index (κ1) is 19.3. The predicted octanol–water partition coefficient (Wildman–Crippen LogP) is 3.10. The molecule has 0 spiro atoms. The molecule has 0 radical (unpaired) electrons. The molecule has 3 atom stereocenters. The van der Waals surface area contributed by atoms with E-state index in [0.29, 0.717) is 17.8 Å². The number of nitrogens with zero attached hydrogens (tertiary/aromatic N) is 3. The molecule has 0 saturated carbocycles. The number of anilines is 2. The van der Waals surface area contributed by atoms with Gasteiger partial charge in [0.25, 0.3) is 5.91 Å². The number of urea groups is 1. The Morgan fingerprint density at radius 2 is 1.71 bits per heavy atom. The summed E-state index contributed by atoms with van der Waals surface area (Å²) in [5.74, 6) is -0.182. The molecule has 3 amide bonds. The molecule has 7 nitrogen and oxygen atoms in total. The summed E-state index contributed by atoms with van der Waals surface area (Å²) in [5.41, 5.74) is 3.01. The standard InChI is InChI=1S/C24H22N4O3/c29-15-21-22-18-8-4-5-9-19(18)27(24(31)26-17-6-2-1-3-7-17)14-20(22)28(21)23(30)16-10-12-25-13-11-16/h1-13,20-22,29H,14-15H2,(H,26,31)/t20-,21-,22+/m1/s1. The zero-order chi connectivity index (χ0) is 21.4. The van der Waals surface area contributed by atoms with Crippen molar-refractivity contribution in [2.24, 2.45) is 0 Å². The quantitative estimate of drug-likeness (QED) is 0.690. The van der Waals surface area contributed by atoms with E-state index in [1.807, 2.05) is 54.6 Å². The van der Waals surface area contributed by atoms with Crippen molar-refractivity contribution in [3.8, 4) is 0 Å². The van der Waals surface area contributed by atoms with Crippen LogP contribution in [0.4, 0.5) is 16.2 Å². The van der Waals surface area contributed by atoms with E-state index in [2.05, 4.69) is 10.3 Å². The molecule has 1 saturated heterocycles. The molecule has 156 valence electrons. The van der Waals surface area contributed by atoms with Crippen LogP contribution >= 0.6 is 0 Å². The number of benzene rings is 2. The Morgan fingerprint density at radius 3 is 2.45 bits per heavy atom. The van der Waals surface area contributed by atoms with Gasteiger partial charge in [0.05, 0.1) is 18.7 Å². The smallest absolute Gasteiger partial charge is 0.326 e. The molecule has 3 aromatic rings. The average Bonchev–Trinajstić information content (AvgIpc) is 2.80. The number of nitrogens with one attached hydrogen (secondary N) is 1. The van der Waals surface area contributed by atoms with E-state index in [9.17, 15) is 14.7 Å². The van der Waals surface area contributed by atoms with Crippen LogP contribution in [0.25, 0.3) is 0 Å². The second-order valence-electron chi connectivity index (χ2n) is 7.76. The van der Waals surface area contributed by atoms with Crippen molar-refractivity contribution in [1.82, 2.24) is 9.88 Å². The van der Waals surface area contributed by atoms with Crippen LogP contribution in [0.2, 0.25) is 0 Å². The second kappa shape index (κ2) is 7.85. The lowest BCUT2D eigenvalue weighted by Crippen LogP contribution is -2.71. The minimum atomic E-state index is -0.328. The van der Waals surface area contributed by atoms with Gasteiger partial charge in [0.1, 0.15) is 0 Å². The highest BCUT2D eigenvalue weighted by atomic mass is 16.3. The molecule has 0 bridgehead atoms. The number of hydrogen-bond donors (Lipinski definition) is 2. The number of amides is 3. The van der Waals surface area contributed by atoms with Crippen LogP contribution in [-0.2, 0) is 0 Å². The number of hydrogen-bond acceptors (Lipinski definition) is 4. The normalized spacial score (nSPS) is 21.5. The maximum Gasteiger partial charge on any atom is 0.326 e. The highest BCUT2D eigenvalue weighted by Crippen LogP contribution is 2.48. The van der Waals surface area contributed by atoms with Crippen molar-refractivity contribution in [3.05, 3.63) is 90.3 Å². The summed E-state index contributed by atoms with van der Waals surface area (Å²) in [4.78, 5) is 33.7. The molecule has 31 heavy (non-hydrogen) atoms. The van der Waals surface area contributed by atoms with Gasteiger partial charge < -0.3 is 15.3 Å². The third-order valence-corrected chi connectivity index (χ3v) is 6.12. The fourth-order valence-electron chi connectivity index (χ4n) is 4.71. The average molecular weight is 414 g/mol. The van der Waals surface area contributed by atoms with E-state index in [1.165, 1.54) is 0 Å². The molecular formula is C24H22N4O3. The van der Waals surface area contributed by atoms with E-state index in [0.717, 1.165) is 11.3 Å². The van der Waals surface area contributed by atoms with E-state index >= 15 is 0 Å². The van der Waals surface area contributed by atoms with Gasteiger partial charge in [-0.05, 0) is 35.9 Å². The topological polar surface area (TPSA) is 85.8 Å². The third-order valence-electron chi connectivity index (χ3n) is 6.12. The molecule has 1 aromatic heterocycles. The van der Waals surface area contributed by atoms with Gasteiger partial charge in [0.15, 0.2) is 0 Å². The Morgan fingerprint density at radius 1 is 1.00 bits per heavy atom. The number of carbonyl (C=O) groups is 2. The van der Waals surface area contributed by atoms with Crippen molar-refractivity contribution in [2.75, 3.05) is 23.4 Å². The lowest BCUT2D eigenvalue weighted by Gasteiger charge is -2.58. The number of aliphatic hydroxyl groups excluding tert-OH is 1.